The van der Waals surface area contributed by atoms with Gasteiger partial charge in [-0.25, -0.2) is 0 Å². The number of nitrogens with one attached hydrogen (secondary N) is 3. The molecule has 0 bridgehead atoms. The number of carbonyl (C=O) groups is 1. The molecular formula is C21H26N4O5. The first kappa shape index (κ1) is 21.4. The van der Waals surface area contributed by atoms with Crippen LogP contribution < -0.4 is 25.4 Å². The molecule has 0 atom stereocenters. The number of piperidine rings is 1. The first-order valence-corrected chi connectivity index (χ1v) is 9.76. The molecule has 2 aromatic rings. The summed E-state index contributed by atoms with van der Waals surface area (Å²) in [5, 5.41) is 20.7. The van der Waals surface area contributed by atoms with E-state index in [1.807, 2.05) is 6.07 Å². The number of rotatable bonds is 8. The number of nitro groups is 1. The first-order valence-electron chi connectivity index (χ1n) is 9.76. The Kier molecular flexibility index (Phi) is 7.08. The zero-order valence-electron chi connectivity index (χ0n) is 17.1. The predicted molar refractivity (Wildman–Crippen MR) is 113 cm³/mol. The molecule has 0 unspecified atom stereocenters. The minimum Gasteiger partial charge on any atom is -0.493 e. The van der Waals surface area contributed by atoms with Gasteiger partial charge in [0.1, 0.15) is 0 Å². The van der Waals surface area contributed by atoms with Crippen LogP contribution in [0.5, 0.6) is 11.5 Å². The van der Waals surface area contributed by atoms with Gasteiger partial charge in [-0.3, -0.25) is 14.9 Å². The number of non-ortho nitro benzene ring substituents is 1. The zero-order chi connectivity index (χ0) is 21.5. The van der Waals surface area contributed by atoms with Gasteiger partial charge in [0.2, 0.25) is 0 Å². The fraction of sp³-hybridized carbons (Fsp3) is 0.381. The lowest BCUT2D eigenvalue weighted by molar-refractivity contribution is -0.384. The van der Waals surface area contributed by atoms with Crippen LogP contribution in [0.2, 0.25) is 0 Å². The van der Waals surface area contributed by atoms with Crippen LogP contribution >= 0.6 is 0 Å². The number of hydrogen-bond acceptors (Lipinski definition) is 7. The second kappa shape index (κ2) is 9.93. The highest BCUT2D eigenvalue weighted by Crippen LogP contribution is 2.28. The van der Waals surface area contributed by atoms with Crippen LogP contribution in [-0.4, -0.2) is 44.2 Å². The van der Waals surface area contributed by atoms with Gasteiger partial charge in [0, 0.05) is 30.4 Å². The predicted octanol–water partition coefficient (Wildman–Crippen LogP) is 2.71. The second-order valence-corrected chi connectivity index (χ2v) is 7.03. The molecule has 1 heterocycles. The molecule has 1 amide bonds. The summed E-state index contributed by atoms with van der Waals surface area (Å²) in [6.07, 6.45) is 1.84. The number of benzene rings is 2. The summed E-state index contributed by atoms with van der Waals surface area (Å²) in [5.41, 5.74) is 1.54. The van der Waals surface area contributed by atoms with Crippen molar-refractivity contribution in [2.24, 2.45) is 0 Å². The van der Waals surface area contributed by atoms with E-state index in [1.165, 1.54) is 12.1 Å². The number of nitro benzene ring substituents is 1. The maximum absolute atomic E-state index is 12.9. The minimum atomic E-state index is -0.501. The summed E-state index contributed by atoms with van der Waals surface area (Å²) in [4.78, 5) is 23.6. The average molecular weight is 414 g/mol. The fourth-order valence-electron chi connectivity index (χ4n) is 3.41. The monoisotopic (exact) mass is 414 g/mol. The van der Waals surface area contributed by atoms with Crippen molar-refractivity contribution in [1.29, 1.82) is 0 Å². The van der Waals surface area contributed by atoms with Crippen molar-refractivity contribution < 1.29 is 19.2 Å². The van der Waals surface area contributed by atoms with E-state index < -0.39 is 4.92 Å². The van der Waals surface area contributed by atoms with E-state index in [0.717, 1.165) is 31.5 Å². The SMILES string of the molecule is COc1ccc(CNC(=O)c2cc([N+](=O)[O-])ccc2NC2CCNCC2)cc1OC. The molecule has 9 nitrogen and oxygen atoms in total. The lowest BCUT2D eigenvalue weighted by atomic mass is 10.0. The van der Waals surface area contributed by atoms with E-state index in [2.05, 4.69) is 16.0 Å². The lowest BCUT2D eigenvalue weighted by Gasteiger charge is -2.25. The van der Waals surface area contributed by atoms with Crippen LogP contribution in [0, 0.1) is 10.1 Å². The minimum absolute atomic E-state index is 0.123. The van der Waals surface area contributed by atoms with E-state index in [1.54, 1.807) is 32.4 Å². The highest BCUT2D eigenvalue weighted by atomic mass is 16.6. The van der Waals surface area contributed by atoms with E-state index in [9.17, 15) is 14.9 Å². The molecule has 0 aliphatic carbocycles. The van der Waals surface area contributed by atoms with Crippen molar-refractivity contribution in [3.05, 3.63) is 57.6 Å². The van der Waals surface area contributed by atoms with E-state index in [4.69, 9.17) is 9.47 Å². The van der Waals surface area contributed by atoms with Gasteiger partial charge in [0.05, 0.1) is 24.7 Å². The molecule has 2 aromatic carbocycles. The molecule has 1 aliphatic rings. The van der Waals surface area contributed by atoms with Gasteiger partial charge in [-0.2, -0.15) is 0 Å². The maximum Gasteiger partial charge on any atom is 0.270 e. The number of nitrogens with zero attached hydrogens (tertiary/aromatic N) is 1. The van der Waals surface area contributed by atoms with Gasteiger partial charge >= 0.3 is 0 Å². The Balaban J connectivity index is 1.77. The Labute approximate surface area is 174 Å². The zero-order valence-corrected chi connectivity index (χ0v) is 17.1. The Morgan fingerprint density at radius 1 is 1.13 bits per heavy atom. The van der Waals surface area contributed by atoms with Gasteiger partial charge in [0.15, 0.2) is 11.5 Å². The van der Waals surface area contributed by atoms with E-state index in [0.29, 0.717) is 17.2 Å². The molecule has 9 heteroatoms. The largest absolute Gasteiger partial charge is 0.493 e. The molecule has 1 fully saturated rings. The standard InChI is InChI=1S/C21H26N4O5/c1-29-19-6-3-14(11-20(19)30-2)13-23-21(26)17-12-16(25(27)28)4-5-18(17)24-15-7-9-22-10-8-15/h3-6,11-12,15,22,24H,7-10,13H2,1-2H3,(H,23,26). The Hall–Kier alpha value is -3.33. The van der Waals surface area contributed by atoms with Crippen molar-refractivity contribution in [3.8, 4) is 11.5 Å². The highest BCUT2D eigenvalue weighted by Gasteiger charge is 2.20. The van der Waals surface area contributed by atoms with Gasteiger partial charge in [0.25, 0.3) is 11.6 Å². The second-order valence-electron chi connectivity index (χ2n) is 7.03. The van der Waals surface area contributed by atoms with E-state index in [-0.39, 0.29) is 29.7 Å². The molecule has 1 saturated heterocycles. The molecular weight excluding hydrogens is 388 g/mol. The maximum atomic E-state index is 12.9. The van der Waals surface area contributed by atoms with Gasteiger partial charge < -0.3 is 25.4 Å². The summed E-state index contributed by atoms with van der Waals surface area (Å²) in [5.74, 6) is 0.775. The average Bonchev–Trinajstić information content (AvgIpc) is 2.78. The molecule has 0 saturated carbocycles. The van der Waals surface area contributed by atoms with Crippen LogP contribution in [0.25, 0.3) is 0 Å². The van der Waals surface area contributed by atoms with Crippen LogP contribution in [-0.2, 0) is 6.54 Å². The molecule has 160 valence electrons. The quantitative estimate of drug-likeness (QED) is 0.449. The third-order valence-corrected chi connectivity index (χ3v) is 5.06. The molecule has 0 radical (unpaired) electrons. The van der Waals surface area contributed by atoms with Crippen molar-refractivity contribution in [1.82, 2.24) is 10.6 Å². The van der Waals surface area contributed by atoms with Crippen LogP contribution in [0.4, 0.5) is 11.4 Å². The smallest absolute Gasteiger partial charge is 0.270 e. The molecule has 1 aliphatic heterocycles. The van der Waals surface area contributed by atoms with Gasteiger partial charge in [-0.05, 0) is 49.7 Å². The van der Waals surface area contributed by atoms with Crippen molar-refractivity contribution in [2.45, 2.75) is 25.4 Å². The molecule has 0 spiro atoms. The first-order chi connectivity index (χ1) is 14.5. The van der Waals surface area contributed by atoms with Crippen LogP contribution in [0.3, 0.4) is 0 Å². The van der Waals surface area contributed by atoms with Gasteiger partial charge in [-0.1, -0.05) is 6.07 Å². The summed E-state index contributed by atoms with van der Waals surface area (Å²) < 4.78 is 10.5. The summed E-state index contributed by atoms with van der Waals surface area (Å²) in [6, 6.07) is 9.90. The number of anilines is 1. The Bertz CT molecular complexity index is 912. The number of ether oxygens (including phenoxy) is 2. The molecule has 30 heavy (non-hydrogen) atoms. The van der Waals surface area contributed by atoms with E-state index >= 15 is 0 Å². The number of hydrogen-bond donors (Lipinski definition) is 3. The van der Waals surface area contributed by atoms with Crippen LogP contribution in [0.1, 0.15) is 28.8 Å². The summed E-state index contributed by atoms with van der Waals surface area (Å²) in [7, 11) is 3.10. The third kappa shape index (κ3) is 5.18. The fourth-order valence-corrected chi connectivity index (χ4v) is 3.41. The molecule has 0 aromatic heterocycles. The number of carbonyl (C=O) groups excluding carboxylic acids is 1. The summed E-state index contributed by atoms with van der Waals surface area (Å²) >= 11 is 0. The van der Waals surface area contributed by atoms with Gasteiger partial charge in [-0.15, -0.1) is 0 Å². The topological polar surface area (TPSA) is 115 Å². The van der Waals surface area contributed by atoms with Crippen molar-refractivity contribution >= 4 is 17.3 Å². The lowest BCUT2D eigenvalue weighted by Crippen LogP contribution is -2.36. The molecule has 3 rings (SSSR count). The van der Waals surface area contributed by atoms with Crippen LogP contribution in [0.15, 0.2) is 36.4 Å². The normalized spacial score (nSPS) is 14.1. The summed E-state index contributed by atoms with van der Waals surface area (Å²) in [6.45, 7) is 2.03. The third-order valence-electron chi connectivity index (χ3n) is 5.06. The Morgan fingerprint density at radius 3 is 2.53 bits per heavy atom. The Morgan fingerprint density at radius 2 is 1.87 bits per heavy atom. The number of methoxy groups -OCH3 is 2. The van der Waals surface area contributed by atoms with Crippen molar-refractivity contribution in [2.75, 3.05) is 32.6 Å². The highest BCUT2D eigenvalue weighted by molar-refractivity contribution is 6.00. The van der Waals surface area contributed by atoms with Crippen molar-refractivity contribution in [3.63, 3.8) is 0 Å². The number of amides is 1. The molecule has 3 N–H and O–H groups in total.